The summed E-state index contributed by atoms with van der Waals surface area (Å²) < 4.78 is 25.9. The van der Waals surface area contributed by atoms with Gasteiger partial charge in [0.05, 0.1) is 17.8 Å². The Bertz CT molecular complexity index is 1650. The van der Waals surface area contributed by atoms with E-state index in [1.807, 2.05) is 25.1 Å². The van der Waals surface area contributed by atoms with Gasteiger partial charge in [0.2, 0.25) is 5.88 Å². The highest BCUT2D eigenvalue weighted by atomic mass is 32.1. The van der Waals surface area contributed by atoms with Crippen molar-refractivity contribution in [1.82, 2.24) is 25.5 Å². The van der Waals surface area contributed by atoms with Crippen molar-refractivity contribution < 1.29 is 23.5 Å². The number of rotatable bonds is 9. The Morgan fingerprint density at radius 1 is 0.978 bits per heavy atom. The van der Waals surface area contributed by atoms with Crippen molar-refractivity contribution in [3.05, 3.63) is 93.8 Å². The average molecular weight is 644 g/mol. The van der Waals surface area contributed by atoms with Gasteiger partial charge in [-0.3, -0.25) is 14.5 Å². The Labute approximate surface area is 272 Å². The first kappa shape index (κ1) is 31.8. The number of carbonyl (C=O) groups is 2. The van der Waals surface area contributed by atoms with Crippen molar-refractivity contribution in [2.24, 2.45) is 0 Å². The van der Waals surface area contributed by atoms with Crippen molar-refractivity contribution in [1.29, 1.82) is 0 Å². The maximum atomic E-state index is 14.3. The molecule has 2 aromatic carbocycles. The first-order valence-corrected chi connectivity index (χ1v) is 16.6. The molecule has 3 heterocycles. The van der Waals surface area contributed by atoms with Crippen LogP contribution in [-0.2, 0) is 11.3 Å². The molecule has 2 amide bonds. The highest BCUT2D eigenvalue weighted by Gasteiger charge is 2.26. The van der Waals surface area contributed by atoms with Gasteiger partial charge in [0.25, 0.3) is 11.8 Å². The fraction of sp³-hybridized carbons (Fsp3) is 0.371. The zero-order valence-electron chi connectivity index (χ0n) is 25.8. The lowest BCUT2D eigenvalue weighted by molar-refractivity contribution is 0.0888. The molecule has 4 aromatic rings. The molecule has 240 valence electrons. The van der Waals surface area contributed by atoms with Crippen molar-refractivity contribution in [2.75, 3.05) is 26.3 Å². The normalized spacial score (nSPS) is 18.8. The van der Waals surface area contributed by atoms with Gasteiger partial charge in [-0.25, -0.2) is 14.4 Å². The number of amides is 2. The van der Waals surface area contributed by atoms with Gasteiger partial charge in [-0.05, 0) is 73.9 Å². The zero-order valence-corrected chi connectivity index (χ0v) is 26.7. The predicted octanol–water partition coefficient (Wildman–Crippen LogP) is 6.14. The second-order valence-electron chi connectivity index (χ2n) is 11.8. The summed E-state index contributed by atoms with van der Waals surface area (Å²) in [4.78, 5) is 36.6. The molecule has 2 aliphatic rings. The molecular formula is C35H38FN5O4S. The molecule has 1 saturated heterocycles. The molecular weight excluding hydrogens is 605 g/mol. The topological polar surface area (TPSA) is 106 Å². The Hall–Kier alpha value is -4.19. The molecule has 1 aliphatic carbocycles. The van der Waals surface area contributed by atoms with Gasteiger partial charge in [-0.1, -0.05) is 36.4 Å². The van der Waals surface area contributed by atoms with E-state index in [9.17, 15) is 14.0 Å². The standard InChI is InChI=1S/C35H38FN5O4S/c1-23-38-32(22-46-23)34(43)40-29-12-10-28(11-13-29)39-33(42)31-19-27(36)20-37-35(31)45-30-5-2-4-26(18-30)25-8-6-24(7-9-25)21-41-14-3-16-44-17-15-41/h2,4-9,18-20,22,28-29H,3,10-17,21H2,1H3,(H,39,42)(H,40,43)/t28-,29-. The summed E-state index contributed by atoms with van der Waals surface area (Å²) in [6, 6.07) is 17.1. The summed E-state index contributed by atoms with van der Waals surface area (Å²) in [5.41, 5.74) is 3.69. The first-order chi connectivity index (χ1) is 22.4. The van der Waals surface area contributed by atoms with Gasteiger partial charge >= 0.3 is 0 Å². The van der Waals surface area contributed by atoms with E-state index in [1.165, 1.54) is 16.9 Å². The van der Waals surface area contributed by atoms with Gasteiger partial charge in [0.15, 0.2) is 0 Å². The van der Waals surface area contributed by atoms with Gasteiger partial charge < -0.3 is 20.1 Å². The van der Waals surface area contributed by atoms with Crippen LogP contribution in [0.3, 0.4) is 0 Å². The summed E-state index contributed by atoms with van der Waals surface area (Å²) in [5, 5.41) is 8.66. The van der Waals surface area contributed by atoms with Crippen LogP contribution in [0.4, 0.5) is 4.39 Å². The Balaban J connectivity index is 1.06. The number of carbonyl (C=O) groups excluding carboxylic acids is 2. The van der Waals surface area contributed by atoms with E-state index in [0.717, 1.165) is 67.7 Å². The number of pyridine rings is 1. The quantitative estimate of drug-likeness (QED) is 0.226. The van der Waals surface area contributed by atoms with Crippen LogP contribution in [0, 0.1) is 12.7 Å². The fourth-order valence-electron chi connectivity index (χ4n) is 5.91. The van der Waals surface area contributed by atoms with E-state index in [4.69, 9.17) is 9.47 Å². The number of halogens is 1. The molecule has 2 aromatic heterocycles. The lowest BCUT2D eigenvalue weighted by Gasteiger charge is -2.29. The third-order valence-electron chi connectivity index (χ3n) is 8.37. The fourth-order valence-corrected chi connectivity index (χ4v) is 6.50. The van der Waals surface area contributed by atoms with E-state index >= 15 is 0 Å². The number of hydrogen-bond acceptors (Lipinski definition) is 8. The Morgan fingerprint density at radius 2 is 1.74 bits per heavy atom. The van der Waals surface area contributed by atoms with Gasteiger partial charge in [-0.2, -0.15) is 0 Å². The van der Waals surface area contributed by atoms with Crippen molar-refractivity contribution in [3.8, 4) is 22.8 Å². The zero-order chi connectivity index (χ0) is 31.9. The van der Waals surface area contributed by atoms with Gasteiger partial charge in [-0.15, -0.1) is 11.3 Å². The monoisotopic (exact) mass is 643 g/mol. The molecule has 0 bridgehead atoms. The van der Waals surface area contributed by atoms with Crippen molar-refractivity contribution >= 4 is 23.2 Å². The number of thiazole rings is 1. The van der Waals surface area contributed by atoms with E-state index in [2.05, 4.69) is 49.8 Å². The largest absolute Gasteiger partial charge is 0.438 e. The summed E-state index contributed by atoms with van der Waals surface area (Å²) in [6.45, 7) is 6.32. The molecule has 0 spiro atoms. The number of ether oxygens (including phenoxy) is 2. The van der Waals surface area contributed by atoms with Crippen LogP contribution in [0.25, 0.3) is 11.1 Å². The van der Waals surface area contributed by atoms with E-state index in [-0.39, 0.29) is 29.4 Å². The van der Waals surface area contributed by atoms with E-state index in [0.29, 0.717) is 37.1 Å². The molecule has 46 heavy (non-hydrogen) atoms. The van der Waals surface area contributed by atoms with Crippen molar-refractivity contribution in [2.45, 2.75) is 57.7 Å². The minimum Gasteiger partial charge on any atom is -0.438 e. The summed E-state index contributed by atoms with van der Waals surface area (Å²) >= 11 is 1.44. The minimum absolute atomic E-state index is 0.00947. The molecule has 0 unspecified atom stereocenters. The van der Waals surface area contributed by atoms with E-state index in [1.54, 1.807) is 11.4 Å². The van der Waals surface area contributed by atoms with Crippen LogP contribution in [0.15, 0.2) is 66.2 Å². The number of nitrogens with one attached hydrogen (secondary N) is 2. The highest BCUT2D eigenvalue weighted by molar-refractivity contribution is 7.09. The number of benzene rings is 2. The number of nitrogens with zero attached hydrogens (tertiary/aromatic N) is 3. The molecule has 0 atom stereocenters. The maximum Gasteiger partial charge on any atom is 0.270 e. The van der Waals surface area contributed by atoms with Crippen molar-refractivity contribution in [3.63, 3.8) is 0 Å². The first-order valence-electron chi connectivity index (χ1n) is 15.8. The summed E-state index contributed by atoms with van der Waals surface area (Å²) in [6.07, 6.45) is 4.88. The molecule has 1 aliphatic heterocycles. The molecule has 6 rings (SSSR count). The second-order valence-corrected chi connectivity index (χ2v) is 12.9. The lowest BCUT2D eigenvalue weighted by atomic mass is 9.91. The van der Waals surface area contributed by atoms with Crippen LogP contribution in [0.2, 0.25) is 0 Å². The van der Waals surface area contributed by atoms with Gasteiger partial charge in [0.1, 0.15) is 22.8 Å². The Morgan fingerprint density at radius 3 is 2.48 bits per heavy atom. The molecule has 9 nitrogen and oxygen atoms in total. The molecule has 11 heteroatoms. The number of hydrogen-bond donors (Lipinski definition) is 2. The SMILES string of the molecule is Cc1nc(C(=O)N[C@H]2CC[C@H](NC(=O)c3cc(F)cnc3Oc3cccc(-c4ccc(CN5CCCOCC5)cc4)c3)CC2)cs1. The van der Waals surface area contributed by atoms with Crippen LogP contribution < -0.4 is 15.4 Å². The maximum absolute atomic E-state index is 14.3. The molecule has 1 saturated carbocycles. The van der Waals surface area contributed by atoms with Crippen LogP contribution in [0.1, 0.15) is 63.5 Å². The second kappa shape index (κ2) is 14.9. The summed E-state index contributed by atoms with van der Waals surface area (Å²) in [5.74, 6) is -0.722. The number of aromatic nitrogens is 2. The van der Waals surface area contributed by atoms with Crippen LogP contribution >= 0.6 is 11.3 Å². The summed E-state index contributed by atoms with van der Waals surface area (Å²) in [7, 11) is 0. The molecule has 0 radical (unpaired) electrons. The predicted molar refractivity (Wildman–Crippen MR) is 175 cm³/mol. The number of aryl methyl sites for hydroxylation is 1. The van der Waals surface area contributed by atoms with Crippen LogP contribution in [0.5, 0.6) is 11.6 Å². The molecule has 2 N–H and O–H groups in total. The molecule has 2 fully saturated rings. The Kier molecular flexibility index (Phi) is 10.3. The third kappa shape index (κ3) is 8.34. The van der Waals surface area contributed by atoms with E-state index < -0.39 is 11.7 Å². The van der Waals surface area contributed by atoms with Crippen LogP contribution in [-0.4, -0.2) is 65.1 Å². The highest BCUT2D eigenvalue weighted by Crippen LogP contribution is 2.29. The van der Waals surface area contributed by atoms with Gasteiger partial charge in [0, 0.05) is 43.7 Å². The minimum atomic E-state index is -0.622. The third-order valence-corrected chi connectivity index (χ3v) is 9.14. The smallest absolute Gasteiger partial charge is 0.270 e. The average Bonchev–Trinajstić information content (AvgIpc) is 3.34. The lowest BCUT2D eigenvalue weighted by Crippen LogP contribution is -2.44.